The number of aliphatic hydroxyl groups excluding tert-OH is 4. The molecule has 0 aliphatic carbocycles. The third-order valence-electron chi connectivity index (χ3n) is 11.9. The number of unbranched alkanes of at least 4 members (excludes halogenated alkanes) is 14. The fourth-order valence-electron chi connectivity index (χ4n) is 7.66. The van der Waals surface area contributed by atoms with Gasteiger partial charge in [0.2, 0.25) is 0 Å². The largest absolute Gasteiger partial charge is 0.481 e. The van der Waals surface area contributed by atoms with E-state index in [1.54, 1.807) is 6.08 Å². The second-order valence-electron chi connectivity index (χ2n) is 18.8. The highest BCUT2D eigenvalue weighted by Gasteiger charge is 2.46. The topological polar surface area (TPSA) is 306 Å². The molecule has 20 nitrogen and oxygen atoms in total. The Hall–Kier alpha value is -3.10. The maximum absolute atomic E-state index is 12.9. The van der Waals surface area contributed by atoms with Gasteiger partial charge in [0.1, 0.15) is 30.7 Å². The molecule has 0 saturated carbocycles. The number of aliphatic hydroxyl groups is 4. The molecule has 1 aliphatic heterocycles. The van der Waals surface area contributed by atoms with E-state index < -0.39 is 95.9 Å². The SMILES string of the molecule is CCCCC/C=C\C/C=C\C/C=C\CC(O)C(O)CCCC(=O)OC[C@H](COP(=O)(O)OP(=O)(O)OC[C@H]1O[C@@H](n2ccc(N)nc2=O)[C@H](O)[C@@H]1O)OC(=O)CCCCCCCCCCCCCCC(C)C. The summed E-state index contributed by atoms with van der Waals surface area (Å²) in [6.07, 6.45) is 24.0. The smallest absolute Gasteiger partial charge is 0.462 e. The van der Waals surface area contributed by atoms with Crippen LogP contribution in [0.1, 0.15) is 181 Å². The molecule has 0 spiro atoms. The number of esters is 2. The van der Waals surface area contributed by atoms with E-state index in [9.17, 15) is 53.7 Å². The van der Waals surface area contributed by atoms with Gasteiger partial charge in [-0.05, 0) is 63.4 Å². The van der Waals surface area contributed by atoms with E-state index >= 15 is 0 Å². The molecule has 414 valence electrons. The van der Waals surface area contributed by atoms with E-state index in [0.717, 1.165) is 61.6 Å². The van der Waals surface area contributed by atoms with Crippen LogP contribution in [-0.2, 0) is 46.3 Å². The lowest BCUT2D eigenvalue weighted by Gasteiger charge is -2.21. The van der Waals surface area contributed by atoms with Crippen molar-refractivity contribution in [2.24, 2.45) is 5.92 Å². The van der Waals surface area contributed by atoms with Crippen LogP contribution in [0.25, 0.3) is 0 Å². The van der Waals surface area contributed by atoms with E-state index in [2.05, 4.69) is 48.3 Å². The zero-order valence-electron chi connectivity index (χ0n) is 42.9. The van der Waals surface area contributed by atoms with Crippen LogP contribution in [0, 0.1) is 5.92 Å². The van der Waals surface area contributed by atoms with Gasteiger partial charge < -0.3 is 50.2 Å². The minimum atomic E-state index is -5.48. The highest BCUT2D eigenvalue weighted by Crippen LogP contribution is 2.60. The zero-order valence-corrected chi connectivity index (χ0v) is 44.7. The van der Waals surface area contributed by atoms with Gasteiger partial charge in [0.15, 0.2) is 12.3 Å². The van der Waals surface area contributed by atoms with Crippen LogP contribution >= 0.6 is 15.6 Å². The number of anilines is 1. The molecule has 0 radical (unpaired) electrons. The van der Waals surface area contributed by atoms with Gasteiger partial charge in [-0.25, -0.2) is 13.9 Å². The molecule has 22 heteroatoms. The number of rotatable bonds is 42. The molecule has 1 fully saturated rings. The number of hydrogen-bond donors (Lipinski definition) is 7. The van der Waals surface area contributed by atoms with Crippen LogP contribution in [0.5, 0.6) is 0 Å². The number of aromatic nitrogens is 2. The van der Waals surface area contributed by atoms with Crippen LogP contribution < -0.4 is 11.4 Å². The van der Waals surface area contributed by atoms with Crippen molar-refractivity contribution in [2.75, 3.05) is 25.6 Å². The van der Waals surface area contributed by atoms with Crippen LogP contribution in [0.3, 0.4) is 0 Å². The van der Waals surface area contributed by atoms with Gasteiger partial charge in [-0.15, -0.1) is 0 Å². The molecule has 2 rings (SSSR count). The molecule has 0 amide bonds. The van der Waals surface area contributed by atoms with Crippen molar-refractivity contribution in [3.05, 3.63) is 59.2 Å². The maximum Gasteiger partial charge on any atom is 0.481 e. The average molecular weight is 1060 g/mol. The molecular formula is C50H87N3O17P2. The first-order valence-corrected chi connectivity index (χ1v) is 29.0. The third-order valence-corrected chi connectivity index (χ3v) is 14.5. The summed E-state index contributed by atoms with van der Waals surface area (Å²) in [5.74, 6) is -0.833. The number of carbonyl (C=O) groups excluding carboxylic acids is 2. The lowest BCUT2D eigenvalue weighted by molar-refractivity contribution is -0.161. The molecule has 1 saturated heterocycles. The summed E-state index contributed by atoms with van der Waals surface area (Å²) >= 11 is 0. The summed E-state index contributed by atoms with van der Waals surface area (Å²) < 4.78 is 56.6. The number of phosphoric ester groups is 2. The Labute approximate surface area is 426 Å². The molecular weight excluding hydrogens is 977 g/mol. The van der Waals surface area contributed by atoms with Crippen molar-refractivity contribution in [3.63, 3.8) is 0 Å². The minimum Gasteiger partial charge on any atom is -0.462 e. The van der Waals surface area contributed by atoms with Crippen molar-refractivity contribution in [3.8, 4) is 0 Å². The first-order valence-electron chi connectivity index (χ1n) is 26.0. The van der Waals surface area contributed by atoms with Crippen molar-refractivity contribution in [1.82, 2.24) is 9.55 Å². The van der Waals surface area contributed by atoms with Crippen LogP contribution in [0.2, 0.25) is 0 Å². The number of nitrogen functional groups attached to an aromatic ring is 1. The van der Waals surface area contributed by atoms with Crippen molar-refractivity contribution in [1.29, 1.82) is 0 Å². The van der Waals surface area contributed by atoms with Crippen molar-refractivity contribution >= 4 is 33.4 Å². The zero-order chi connectivity index (χ0) is 53.2. The first kappa shape index (κ1) is 65.0. The van der Waals surface area contributed by atoms with E-state index in [4.69, 9.17) is 29.0 Å². The van der Waals surface area contributed by atoms with Gasteiger partial charge in [0.05, 0.1) is 25.4 Å². The summed E-state index contributed by atoms with van der Waals surface area (Å²) in [7, 11) is -11.0. The number of ether oxygens (including phenoxy) is 3. The molecule has 1 aromatic heterocycles. The Morgan fingerprint density at radius 2 is 1.33 bits per heavy atom. The van der Waals surface area contributed by atoms with Crippen molar-refractivity contribution in [2.45, 2.75) is 218 Å². The summed E-state index contributed by atoms with van der Waals surface area (Å²) in [6.45, 7) is 4.14. The average Bonchev–Trinajstić information content (AvgIpc) is 3.60. The third kappa shape index (κ3) is 30.3. The number of carbonyl (C=O) groups is 2. The number of hydrogen-bond acceptors (Lipinski definition) is 17. The Balaban J connectivity index is 1.86. The molecule has 0 bridgehead atoms. The number of allylic oxidation sites excluding steroid dienone is 5. The summed E-state index contributed by atoms with van der Waals surface area (Å²) in [5, 5.41) is 41.8. The van der Waals surface area contributed by atoms with Gasteiger partial charge in [-0.2, -0.15) is 9.29 Å². The molecule has 0 aromatic carbocycles. The Kier molecular flexibility index (Phi) is 34.0. The Morgan fingerprint density at radius 3 is 1.96 bits per heavy atom. The minimum absolute atomic E-state index is 0.00863. The molecule has 1 aliphatic rings. The molecule has 8 N–H and O–H groups in total. The van der Waals surface area contributed by atoms with E-state index in [1.165, 1.54) is 70.3 Å². The molecule has 2 heterocycles. The van der Waals surface area contributed by atoms with E-state index in [-0.39, 0.29) is 37.9 Å². The fraction of sp³-hybridized carbons (Fsp3) is 0.760. The number of nitrogens with two attached hydrogens (primary N) is 1. The Bertz CT molecular complexity index is 1900. The Morgan fingerprint density at radius 1 is 0.750 bits per heavy atom. The predicted molar refractivity (Wildman–Crippen MR) is 273 cm³/mol. The number of nitrogens with zero attached hydrogens (tertiary/aromatic N) is 2. The maximum atomic E-state index is 12.9. The van der Waals surface area contributed by atoms with Gasteiger partial charge in [0.25, 0.3) is 0 Å². The van der Waals surface area contributed by atoms with Gasteiger partial charge >= 0.3 is 33.3 Å². The number of phosphoric acid groups is 2. The lowest BCUT2D eigenvalue weighted by Crippen LogP contribution is -2.36. The first-order chi connectivity index (χ1) is 34.3. The lowest BCUT2D eigenvalue weighted by atomic mass is 10.0. The molecule has 9 atom stereocenters. The van der Waals surface area contributed by atoms with Crippen LogP contribution in [0.4, 0.5) is 5.82 Å². The molecule has 1 aromatic rings. The fourth-order valence-corrected chi connectivity index (χ4v) is 9.77. The monoisotopic (exact) mass is 1060 g/mol. The second kappa shape index (κ2) is 37.6. The van der Waals surface area contributed by atoms with E-state index in [1.807, 2.05) is 12.2 Å². The standard InChI is InChI=1S/C50H87N3O17P2/c1-4-5-6-7-8-9-10-14-17-20-23-26-30-41(54)42(55)31-28-33-45(56)65-36-40(68-46(57)32-27-24-21-18-15-12-11-13-16-19-22-25-29-39(2)3)37-66-71(61,62)70-72(63,64)67-38-43-47(58)48(59)49(69-43)53-35-34-44(51)52-50(53)60/h8-9,14,17,23,26,34-35,39-43,47-49,54-55,58-59H,4-7,10-13,15-16,18-22,24-25,27-33,36-38H2,1-3H3,(H,61,62)(H,63,64)(H2,51,52,60)/b9-8-,17-14-,26-23-/t40-,41?,42?,43-,47-,48-,49-/m1/s1. The summed E-state index contributed by atoms with van der Waals surface area (Å²) in [5.41, 5.74) is 4.57. The normalized spacial score (nSPS) is 20.3. The second-order valence-corrected chi connectivity index (χ2v) is 21.9. The quantitative estimate of drug-likeness (QED) is 0.0139. The summed E-state index contributed by atoms with van der Waals surface area (Å²) in [4.78, 5) is 62.0. The molecule has 72 heavy (non-hydrogen) atoms. The van der Waals surface area contributed by atoms with Crippen LogP contribution in [-0.4, -0.2) is 108 Å². The van der Waals surface area contributed by atoms with Gasteiger partial charge in [-0.1, -0.05) is 147 Å². The highest BCUT2D eigenvalue weighted by atomic mass is 31.3. The highest BCUT2D eigenvalue weighted by molar-refractivity contribution is 7.61. The van der Waals surface area contributed by atoms with Crippen LogP contribution in [0.15, 0.2) is 53.5 Å². The van der Waals surface area contributed by atoms with E-state index in [0.29, 0.717) is 12.8 Å². The molecule has 4 unspecified atom stereocenters. The predicted octanol–water partition coefficient (Wildman–Crippen LogP) is 8.58. The summed E-state index contributed by atoms with van der Waals surface area (Å²) in [6, 6.07) is 1.23. The van der Waals surface area contributed by atoms with Crippen molar-refractivity contribution < 1.29 is 76.5 Å². The van der Waals surface area contributed by atoms with Gasteiger partial charge in [-0.3, -0.25) is 23.2 Å². The van der Waals surface area contributed by atoms with Gasteiger partial charge in [0, 0.05) is 19.0 Å².